The number of phenolic OH excluding ortho intramolecular Hbond substituents is 1. The number of piperazine rings is 1. The van der Waals surface area contributed by atoms with Crippen LogP contribution >= 0.6 is 0 Å². The predicted molar refractivity (Wildman–Crippen MR) is 184 cm³/mol. The molecule has 4 heterocycles. The number of fused-ring (bicyclic) bond motifs is 1. The highest BCUT2D eigenvalue weighted by Crippen LogP contribution is 2.33. The van der Waals surface area contributed by atoms with E-state index in [0.29, 0.717) is 75.1 Å². The van der Waals surface area contributed by atoms with E-state index < -0.39 is 29.7 Å². The molecule has 6 N–H and O–H groups in total. The first-order valence-corrected chi connectivity index (χ1v) is 16.5. The van der Waals surface area contributed by atoms with Crippen molar-refractivity contribution in [1.82, 2.24) is 35.5 Å². The third-order valence-electron chi connectivity index (χ3n) is 9.15. The average Bonchev–Trinajstić information content (AvgIpc) is 3.35. The number of amides is 5. The third-order valence-corrected chi connectivity index (χ3v) is 9.15. The van der Waals surface area contributed by atoms with Crippen LogP contribution < -0.4 is 26.6 Å². The SMILES string of the molecule is CN(CCNC(=O)CN1CCN(c2cc(-c3ccccc3O)nnc2N)CC1)CCNc1cccc2c1C(=O)N(C1CCC(=O)NC1=O)C2=O. The second-order valence-corrected chi connectivity index (χ2v) is 12.5. The standard InChI is InChI=1S/C34H40N10O6/c1-41(13-11-36-23-7-4-6-22-30(23)34(50)44(33(22)49)25-9-10-28(46)38-32(25)48)14-12-37-29(47)20-42-15-17-43(18-16-42)26-19-24(39-40-31(26)35)21-5-2-3-8-27(21)45/h2-8,19,25,36,45H,9-18,20H2,1H3,(H2,35,40)(H,37,47)(H,38,46,48). The molecule has 2 saturated heterocycles. The van der Waals surface area contributed by atoms with E-state index in [0.717, 1.165) is 10.6 Å². The number of imide groups is 2. The number of nitrogens with two attached hydrogens (primary N) is 1. The molecular formula is C34H40N10O6. The summed E-state index contributed by atoms with van der Waals surface area (Å²) in [6.07, 6.45) is 0.157. The first-order chi connectivity index (χ1) is 24.1. The third kappa shape index (κ3) is 7.35. The van der Waals surface area contributed by atoms with Gasteiger partial charge in [-0.25, -0.2) is 0 Å². The number of benzene rings is 2. The van der Waals surface area contributed by atoms with Crippen LogP contribution in [0.5, 0.6) is 5.75 Å². The minimum absolute atomic E-state index is 0.0596. The highest BCUT2D eigenvalue weighted by Gasteiger charge is 2.45. The van der Waals surface area contributed by atoms with E-state index in [9.17, 15) is 29.1 Å². The van der Waals surface area contributed by atoms with Crippen LogP contribution in [0.2, 0.25) is 0 Å². The summed E-state index contributed by atoms with van der Waals surface area (Å²) in [5, 5.41) is 26.9. The number of nitrogens with zero attached hydrogens (tertiary/aromatic N) is 6. The number of rotatable bonds is 12. The van der Waals surface area contributed by atoms with Gasteiger partial charge in [-0.3, -0.25) is 39.1 Å². The zero-order valence-corrected chi connectivity index (χ0v) is 27.7. The molecular weight excluding hydrogens is 644 g/mol. The average molecular weight is 685 g/mol. The van der Waals surface area contributed by atoms with Crippen LogP contribution in [-0.2, 0) is 14.4 Å². The van der Waals surface area contributed by atoms with Gasteiger partial charge in [-0.2, -0.15) is 0 Å². The van der Waals surface area contributed by atoms with Gasteiger partial charge in [0.1, 0.15) is 11.8 Å². The Balaban J connectivity index is 0.916. The molecule has 5 amide bonds. The van der Waals surface area contributed by atoms with Crippen molar-refractivity contribution in [3.8, 4) is 17.0 Å². The first-order valence-electron chi connectivity index (χ1n) is 16.5. The molecule has 0 radical (unpaired) electrons. The van der Waals surface area contributed by atoms with Crippen LogP contribution in [0.4, 0.5) is 17.2 Å². The number of anilines is 3. The minimum Gasteiger partial charge on any atom is -0.507 e. The lowest BCUT2D eigenvalue weighted by molar-refractivity contribution is -0.136. The molecule has 2 aromatic carbocycles. The van der Waals surface area contributed by atoms with Crippen LogP contribution in [0.1, 0.15) is 33.6 Å². The number of likely N-dealkylation sites (N-methyl/N-ethyl adjacent to an activating group) is 1. The topological polar surface area (TPSA) is 206 Å². The summed E-state index contributed by atoms with van der Waals surface area (Å²) in [5.41, 5.74) is 8.93. The minimum atomic E-state index is -1.02. The van der Waals surface area contributed by atoms with E-state index >= 15 is 0 Å². The van der Waals surface area contributed by atoms with E-state index in [1.807, 2.05) is 24.1 Å². The number of nitrogen functional groups attached to an aromatic ring is 1. The zero-order valence-electron chi connectivity index (χ0n) is 27.7. The quantitative estimate of drug-likeness (QED) is 0.161. The van der Waals surface area contributed by atoms with Crippen LogP contribution in [0, 0.1) is 0 Å². The maximum atomic E-state index is 13.3. The van der Waals surface area contributed by atoms with Crippen LogP contribution in [0.15, 0.2) is 48.5 Å². The summed E-state index contributed by atoms with van der Waals surface area (Å²) in [6, 6.07) is 12.7. The van der Waals surface area contributed by atoms with E-state index in [4.69, 9.17) is 5.73 Å². The number of hydrogen-bond acceptors (Lipinski definition) is 13. The molecule has 0 aliphatic carbocycles. The van der Waals surface area contributed by atoms with Gasteiger partial charge in [0.15, 0.2) is 5.82 Å². The summed E-state index contributed by atoms with van der Waals surface area (Å²) >= 11 is 0. The van der Waals surface area contributed by atoms with Gasteiger partial charge < -0.3 is 31.3 Å². The fourth-order valence-electron chi connectivity index (χ4n) is 6.41. The normalized spacial score (nSPS) is 18.0. The van der Waals surface area contributed by atoms with Crippen molar-refractivity contribution in [2.75, 3.05) is 81.9 Å². The molecule has 3 aliphatic rings. The highest BCUT2D eigenvalue weighted by atomic mass is 16.3. The number of aromatic nitrogens is 2. The number of hydrogen-bond donors (Lipinski definition) is 5. The molecule has 0 saturated carbocycles. The smallest absolute Gasteiger partial charge is 0.264 e. The lowest BCUT2D eigenvalue weighted by Gasteiger charge is -2.36. The van der Waals surface area contributed by atoms with Crippen molar-refractivity contribution < 1.29 is 29.1 Å². The van der Waals surface area contributed by atoms with Crippen LogP contribution in [0.3, 0.4) is 0 Å². The molecule has 50 heavy (non-hydrogen) atoms. The number of phenols is 1. The number of carbonyl (C=O) groups is 5. The molecule has 6 rings (SSSR count). The molecule has 16 heteroatoms. The molecule has 1 unspecified atom stereocenters. The van der Waals surface area contributed by atoms with E-state index in [1.54, 1.807) is 36.4 Å². The molecule has 262 valence electrons. The van der Waals surface area contributed by atoms with Gasteiger partial charge in [0.25, 0.3) is 11.8 Å². The van der Waals surface area contributed by atoms with Gasteiger partial charge in [-0.15, -0.1) is 10.2 Å². The van der Waals surface area contributed by atoms with Crippen molar-refractivity contribution in [2.24, 2.45) is 0 Å². The largest absolute Gasteiger partial charge is 0.507 e. The lowest BCUT2D eigenvalue weighted by atomic mass is 10.0. The Morgan fingerprint density at radius 1 is 0.980 bits per heavy atom. The number of nitrogens with one attached hydrogen (secondary N) is 3. The van der Waals surface area contributed by atoms with Crippen molar-refractivity contribution in [3.63, 3.8) is 0 Å². The number of carbonyl (C=O) groups excluding carboxylic acids is 5. The maximum Gasteiger partial charge on any atom is 0.264 e. The molecule has 3 aromatic rings. The summed E-state index contributed by atoms with van der Waals surface area (Å²) in [5.74, 6) is -1.82. The lowest BCUT2D eigenvalue weighted by Crippen LogP contribution is -2.54. The Labute approximate surface area is 288 Å². The van der Waals surface area contributed by atoms with Gasteiger partial charge in [0, 0.05) is 70.0 Å². The van der Waals surface area contributed by atoms with Gasteiger partial charge in [-0.05, 0) is 43.8 Å². The maximum absolute atomic E-state index is 13.3. The Morgan fingerprint density at radius 3 is 2.48 bits per heavy atom. The van der Waals surface area contributed by atoms with E-state index in [2.05, 4.69) is 35.9 Å². The zero-order chi connectivity index (χ0) is 35.4. The van der Waals surface area contributed by atoms with Crippen LogP contribution in [-0.4, -0.2) is 132 Å². The van der Waals surface area contributed by atoms with E-state index in [1.165, 1.54) is 0 Å². The van der Waals surface area contributed by atoms with Gasteiger partial charge in [-0.1, -0.05) is 18.2 Å². The molecule has 16 nitrogen and oxygen atoms in total. The second-order valence-electron chi connectivity index (χ2n) is 12.5. The number of aromatic hydroxyl groups is 1. The highest BCUT2D eigenvalue weighted by molar-refractivity contribution is 6.25. The monoisotopic (exact) mass is 684 g/mol. The summed E-state index contributed by atoms with van der Waals surface area (Å²) in [7, 11) is 1.92. The fraction of sp³-hybridized carbons (Fsp3) is 0.382. The van der Waals surface area contributed by atoms with Crippen molar-refractivity contribution in [2.45, 2.75) is 18.9 Å². The van der Waals surface area contributed by atoms with Crippen molar-refractivity contribution >= 4 is 46.7 Å². The summed E-state index contributed by atoms with van der Waals surface area (Å²) < 4.78 is 0. The van der Waals surface area contributed by atoms with Gasteiger partial charge >= 0.3 is 0 Å². The molecule has 3 aliphatic heterocycles. The first kappa shape index (κ1) is 34.3. The second kappa shape index (κ2) is 14.9. The summed E-state index contributed by atoms with van der Waals surface area (Å²) in [4.78, 5) is 70.2. The predicted octanol–water partition coefficient (Wildman–Crippen LogP) is 0.115. The molecule has 0 bridgehead atoms. The Morgan fingerprint density at radius 2 is 1.72 bits per heavy atom. The van der Waals surface area contributed by atoms with Gasteiger partial charge in [0.05, 0.1) is 29.1 Å². The molecule has 1 aromatic heterocycles. The van der Waals surface area contributed by atoms with Crippen molar-refractivity contribution in [1.29, 1.82) is 0 Å². The molecule has 2 fully saturated rings. The van der Waals surface area contributed by atoms with E-state index in [-0.39, 0.29) is 42.2 Å². The Hall–Kier alpha value is -5.61. The van der Waals surface area contributed by atoms with Crippen molar-refractivity contribution in [3.05, 3.63) is 59.7 Å². The molecule has 0 spiro atoms. The summed E-state index contributed by atoms with van der Waals surface area (Å²) in [6.45, 7) is 5.02. The number of para-hydroxylation sites is 1. The molecule has 1 atom stereocenters. The Bertz CT molecular complexity index is 1810. The Kier molecular flexibility index (Phi) is 10.2. The number of piperidine rings is 1. The van der Waals surface area contributed by atoms with Gasteiger partial charge in [0.2, 0.25) is 17.7 Å². The van der Waals surface area contributed by atoms with Crippen LogP contribution in [0.25, 0.3) is 11.3 Å². The fourth-order valence-corrected chi connectivity index (χ4v) is 6.41.